The van der Waals surface area contributed by atoms with E-state index < -0.39 is 0 Å². The Morgan fingerprint density at radius 3 is 2.50 bits per heavy atom. The minimum Gasteiger partial charge on any atom is -0.373 e. The Bertz CT molecular complexity index is 424. The number of hydrogen-bond acceptors (Lipinski definition) is 4. The lowest BCUT2D eigenvalue weighted by atomic mass is 10.2. The van der Waals surface area contributed by atoms with E-state index in [9.17, 15) is 4.79 Å². The van der Waals surface area contributed by atoms with Gasteiger partial charge in [0.15, 0.2) is 0 Å². The van der Waals surface area contributed by atoms with Crippen molar-refractivity contribution in [3.63, 3.8) is 0 Å². The normalized spacial score (nSPS) is 11.2. The number of nitrogens with zero attached hydrogens (tertiary/aromatic N) is 2. The molecule has 0 bridgehead atoms. The van der Waals surface area contributed by atoms with Gasteiger partial charge in [-0.1, -0.05) is 0 Å². The summed E-state index contributed by atoms with van der Waals surface area (Å²) in [6.45, 7) is 10.2. The Kier molecular flexibility index (Phi) is 6.45. The van der Waals surface area contributed by atoms with Gasteiger partial charge in [-0.25, -0.2) is 4.98 Å². The van der Waals surface area contributed by atoms with E-state index in [0.29, 0.717) is 30.0 Å². The second kappa shape index (κ2) is 7.85. The summed E-state index contributed by atoms with van der Waals surface area (Å²) in [5.74, 6) is 0.639. The maximum absolute atomic E-state index is 12.0. The number of nitrogens with one attached hydrogen (secondary N) is 2. The molecule has 0 fully saturated rings. The van der Waals surface area contributed by atoms with E-state index >= 15 is 0 Å². The summed E-state index contributed by atoms with van der Waals surface area (Å²) in [6.07, 6.45) is 1.63. The number of amides is 1. The molecule has 20 heavy (non-hydrogen) atoms. The zero-order valence-corrected chi connectivity index (χ0v) is 13.1. The number of aromatic nitrogens is 1. The third kappa shape index (κ3) is 4.81. The first-order valence-electron chi connectivity index (χ1n) is 7.13. The van der Waals surface area contributed by atoms with Crippen LogP contribution in [0.25, 0.3) is 0 Å². The summed E-state index contributed by atoms with van der Waals surface area (Å²) in [4.78, 5) is 18.5. The van der Waals surface area contributed by atoms with E-state index in [-0.39, 0.29) is 5.91 Å². The fraction of sp³-hybridized carbons (Fsp3) is 0.600. The molecule has 0 saturated heterocycles. The monoisotopic (exact) mass is 278 g/mol. The maximum atomic E-state index is 12.0. The fourth-order valence-electron chi connectivity index (χ4n) is 2.22. The number of carbonyl (C=O) groups excluding carboxylic acids is 1. The smallest absolute Gasteiger partial charge is 0.251 e. The molecule has 5 nitrogen and oxygen atoms in total. The summed E-state index contributed by atoms with van der Waals surface area (Å²) in [5, 5.41) is 5.88. The van der Waals surface area contributed by atoms with Gasteiger partial charge in [-0.2, -0.15) is 0 Å². The first kappa shape index (κ1) is 16.4. The van der Waals surface area contributed by atoms with Gasteiger partial charge in [-0.3, -0.25) is 9.69 Å². The molecular formula is C15H26N4O. The number of pyridine rings is 1. The predicted octanol–water partition coefficient (Wildman–Crippen LogP) is 1.97. The van der Waals surface area contributed by atoms with Crippen molar-refractivity contribution in [3.8, 4) is 0 Å². The molecule has 0 aliphatic carbocycles. The van der Waals surface area contributed by atoms with Gasteiger partial charge in [-0.05, 0) is 39.8 Å². The van der Waals surface area contributed by atoms with Crippen molar-refractivity contribution in [3.05, 3.63) is 23.9 Å². The van der Waals surface area contributed by atoms with Crippen LogP contribution in [-0.4, -0.2) is 48.0 Å². The molecule has 5 heteroatoms. The topological polar surface area (TPSA) is 57.3 Å². The molecule has 1 aromatic heterocycles. The lowest BCUT2D eigenvalue weighted by Gasteiger charge is -2.30. The van der Waals surface area contributed by atoms with E-state index in [2.05, 4.69) is 48.2 Å². The first-order chi connectivity index (χ1) is 9.45. The number of rotatable bonds is 7. The van der Waals surface area contributed by atoms with Crippen LogP contribution in [0, 0.1) is 0 Å². The molecule has 1 amide bonds. The molecule has 1 aromatic rings. The van der Waals surface area contributed by atoms with Crippen LogP contribution >= 0.6 is 0 Å². The zero-order valence-electron chi connectivity index (χ0n) is 13.1. The van der Waals surface area contributed by atoms with E-state index in [1.807, 2.05) is 0 Å². The molecule has 0 aliphatic rings. The average molecular weight is 278 g/mol. The van der Waals surface area contributed by atoms with Crippen molar-refractivity contribution in [1.82, 2.24) is 15.2 Å². The van der Waals surface area contributed by atoms with Gasteiger partial charge in [0, 0.05) is 44.0 Å². The molecule has 0 unspecified atom stereocenters. The fourth-order valence-corrected chi connectivity index (χ4v) is 2.22. The average Bonchev–Trinajstić information content (AvgIpc) is 2.42. The largest absolute Gasteiger partial charge is 0.373 e. The molecule has 2 N–H and O–H groups in total. The van der Waals surface area contributed by atoms with Crippen LogP contribution in [0.3, 0.4) is 0 Å². The molecule has 0 radical (unpaired) electrons. The second-order valence-corrected chi connectivity index (χ2v) is 5.36. The molecule has 112 valence electrons. The van der Waals surface area contributed by atoms with Crippen LogP contribution in [0.1, 0.15) is 38.1 Å². The molecular weight excluding hydrogens is 252 g/mol. The first-order valence-corrected chi connectivity index (χ1v) is 7.13. The van der Waals surface area contributed by atoms with Gasteiger partial charge < -0.3 is 10.6 Å². The number of carbonyl (C=O) groups is 1. The number of hydrogen-bond donors (Lipinski definition) is 2. The van der Waals surface area contributed by atoms with E-state index in [1.54, 1.807) is 25.4 Å². The molecule has 0 saturated carbocycles. The van der Waals surface area contributed by atoms with Gasteiger partial charge >= 0.3 is 0 Å². The quantitative estimate of drug-likeness (QED) is 0.800. The van der Waals surface area contributed by atoms with Crippen LogP contribution < -0.4 is 10.6 Å². The van der Waals surface area contributed by atoms with Gasteiger partial charge in [0.25, 0.3) is 5.91 Å². The van der Waals surface area contributed by atoms with Crippen molar-refractivity contribution in [2.24, 2.45) is 0 Å². The molecule has 0 atom stereocenters. The lowest BCUT2D eigenvalue weighted by Crippen LogP contribution is -2.42. The van der Waals surface area contributed by atoms with Crippen LogP contribution in [0.2, 0.25) is 0 Å². The highest BCUT2D eigenvalue weighted by atomic mass is 16.1. The van der Waals surface area contributed by atoms with Crippen LogP contribution in [0.4, 0.5) is 5.82 Å². The highest BCUT2D eigenvalue weighted by Gasteiger charge is 2.13. The Balaban J connectivity index is 2.50. The Labute approximate surface area is 121 Å². The third-order valence-electron chi connectivity index (χ3n) is 3.26. The summed E-state index contributed by atoms with van der Waals surface area (Å²) >= 11 is 0. The van der Waals surface area contributed by atoms with Crippen molar-refractivity contribution < 1.29 is 4.79 Å². The van der Waals surface area contributed by atoms with E-state index in [0.717, 1.165) is 6.54 Å². The Morgan fingerprint density at radius 2 is 1.95 bits per heavy atom. The lowest BCUT2D eigenvalue weighted by molar-refractivity contribution is 0.0939. The summed E-state index contributed by atoms with van der Waals surface area (Å²) in [7, 11) is 1.78. The molecule has 0 aliphatic heterocycles. The minimum absolute atomic E-state index is 0.0589. The highest BCUT2D eigenvalue weighted by Crippen LogP contribution is 2.06. The summed E-state index contributed by atoms with van der Waals surface area (Å²) < 4.78 is 0. The van der Waals surface area contributed by atoms with Gasteiger partial charge in [0.1, 0.15) is 5.82 Å². The molecule has 0 spiro atoms. The van der Waals surface area contributed by atoms with Crippen molar-refractivity contribution in [2.75, 3.05) is 25.5 Å². The molecule has 1 rings (SSSR count). The van der Waals surface area contributed by atoms with E-state index in [4.69, 9.17) is 0 Å². The van der Waals surface area contributed by atoms with Crippen molar-refractivity contribution in [1.29, 1.82) is 0 Å². The van der Waals surface area contributed by atoms with Crippen molar-refractivity contribution in [2.45, 2.75) is 39.8 Å². The maximum Gasteiger partial charge on any atom is 0.251 e. The highest BCUT2D eigenvalue weighted by molar-refractivity contribution is 5.94. The van der Waals surface area contributed by atoms with Gasteiger partial charge in [0.05, 0.1) is 0 Å². The van der Waals surface area contributed by atoms with Crippen LogP contribution in [-0.2, 0) is 0 Å². The third-order valence-corrected chi connectivity index (χ3v) is 3.26. The SMILES string of the molecule is CNc1cc(C(=O)NCCN(C(C)C)C(C)C)ccn1. The molecule has 0 aromatic carbocycles. The predicted molar refractivity (Wildman–Crippen MR) is 83.1 cm³/mol. The zero-order chi connectivity index (χ0) is 15.1. The van der Waals surface area contributed by atoms with Crippen LogP contribution in [0.15, 0.2) is 18.3 Å². The molecule has 1 heterocycles. The summed E-state index contributed by atoms with van der Waals surface area (Å²) in [5.41, 5.74) is 0.630. The standard InChI is InChI=1S/C15H26N4O/c1-11(2)19(12(3)4)9-8-18-15(20)13-6-7-17-14(10-13)16-5/h6-7,10-12H,8-9H2,1-5H3,(H,16,17)(H,18,20). The Morgan fingerprint density at radius 1 is 1.30 bits per heavy atom. The minimum atomic E-state index is -0.0589. The van der Waals surface area contributed by atoms with Crippen LogP contribution in [0.5, 0.6) is 0 Å². The van der Waals surface area contributed by atoms with Gasteiger partial charge in [0.2, 0.25) is 0 Å². The number of anilines is 1. The van der Waals surface area contributed by atoms with Crippen molar-refractivity contribution >= 4 is 11.7 Å². The summed E-state index contributed by atoms with van der Waals surface area (Å²) in [6, 6.07) is 4.42. The van der Waals surface area contributed by atoms with E-state index in [1.165, 1.54) is 0 Å². The van der Waals surface area contributed by atoms with Gasteiger partial charge in [-0.15, -0.1) is 0 Å². The Hall–Kier alpha value is -1.62. The second-order valence-electron chi connectivity index (χ2n) is 5.36.